The maximum Gasteiger partial charge on any atom is 0.389 e. The van der Waals surface area contributed by atoms with E-state index in [2.05, 4.69) is 10.3 Å². The number of pyridine rings is 1. The van der Waals surface area contributed by atoms with Crippen molar-refractivity contribution in [1.29, 1.82) is 0 Å². The number of hydrogen-bond acceptors (Lipinski definition) is 10. The van der Waals surface area contributed by atoms with Crippen LogP contribution in [0.4, 0.5) is 13.2 Å². The van der Waals surface area contributed by atoms with Gasteiger partial charge in [-0.2, -0.15) is 13.2 Å². The van der Waals surface area contributed by atoms with Crippen LogP contribution in [-0.2, 0) is 28.5 Å². The summed E-state index contributed by atoms with van der Waals surface area (Å²) in [4.78, 5) is 41.4. The van der Waals surface area contributed by atoms with Gasteiger partial charge in [0.15, 0.2) is 23.2 Å². The molecule has 0 aliphatic carbocycles. The maximum absolute atomic E-state index is 13.2. The summed E-state index contributed by atoms with van der Waals surface area (Å²) in [6.45, 7) is 6.11. The van der Waals surface area contributed by atoms with Gasteiger partial charge in [0.25, 0.3) is 5.91 Å². The minimum Gasteiger partial charge on any atom is -0.493 e. The first-order valence-corrected chi connectivity index (χ1v) is 13.4. The molecule has 41 heavy (non-hydrogen) atoms. The van der Waals surface area contributed by atoms with Crippen LogP contribution in [0.1, 0.15) is 63.9 Å². The van der Waals surface area contributed by atoms with E-state index in [0.29, 0.717) is 12.3 Å². The van der Waals surface area contributed by atoms with E-state index in [4.69, 9.17) is 28.4 Å². The highest BCUT2D eigenvalue weighted by Gasteiger charge is 2.36. The van der Waals surface area contributed by atoms with Gasteiger partial charge in [0.1, 0.15) is 6.10 Å². The van der Waals surface area contributed by atoms with Crippen LogP contribution in [0.25, 0.3) is 0 Å². The van der Waals surface area contributed by atoms with Gasteiger partial charge in [-0.1, -0.05) is 20.3 Å². The lowest BCUT2D eigenvalue weighted by atomic mass is 9.91. The zero-order valence-electron chi connectivity index (χ0n) is 24.0. The van der Waals surface area contributed by atoms with E-state index in [1.165, 1.54) is 26.3 Å². The minimum atomic E-state index is -4.30. The number of aromatic nitrogens is 1. The van der Waals surface area contributed by atoms with Crippen molar-refractivity contribution in [3.63, 3.8) is 0 Å². The van der Waals surface area contributed by atoms with Crippen molar-refractivity contribution in [2.45, 2.75) is 77.8 Å². The van der Waals surface area contributed by atoms with Crippen LogP contribution in [0.5, 0.6) is 11.5 Å². The number of carbonyl (C=O) groups is 3. The molecular weight excluding hydrogens is 553 g/mol. The molecule has 14 heteroatoms. The molecule has 0 unspecified atom stereocenters. The molecule has 11 nitrogen and oxygen atoms in total. The summed E-state index contributed by atoms with van der Waals surface area (Å²) < 4.78 is 70.5. The van der Waals surface area contributed by atoms with Gasteiger partial charge in [-0.15, -0.1) is 0 Å². The number of nitrogens with zero attached hydrogens (tertiary/aromatic N) is 1. The summed E-state index contributed by atoms with van der Waals surface area (Å²) in [5.41, 5.74) is -0.238. The first-order valence-electron chi connectivity index (χ1n) is 13.4. The molecular formula is C27H39F3N2O9. The number of ether oxygens (including phenoxy) is 6. The molecule has 0 bridgehead atoms. The fourth-order valence-electron chi connectivity index (χ4n) is 4.17. The Hall–Kier alpha value is -3.13. The highest BCUT2D eigenvalue weighted by Crippen LogP contribution is 2.30. The molecule has 1 N–H and O–H groups in total. The zero-order valence-corrected chi connectivity index (χ0v) is 24.0. The van der Waals surface area contributed by atoms with Crippen molar-refractivity contribution in [1.82, 2.24) is 10.3 Å². The van der Waals surface area contributed by atoms with E-state index in [1.807, 2.05) is 13.8 Å². The van der Waals surface area contributed by atoms with Crippen molar-refractivity contribution >= 4 is 17.8 Å². The third-order valence-corrected chi connectivity index (χ3v) is 6.23. The highest BCUT2D eigenvalue weighted by molar-refractivity contribution is 5.98. The Bertz CT molecular complexity index is 1010. The minimum absolute atomic E-state index is 0.111. The third-order valence-electron chi connectivity index (χ3n) is 6.23. The molecule has 4 atom stereocenters. The Morgan fingerprint density at radius 2 is 1.98 bits per heavy atom. The second-order valence-electron chi connectivity index (χ2n) is 10.1. The number of hydrogen-bond donors (Lipinski definition) is 1. The van der Waals surface area contributed by atoms with E-state index >= 15 is 0 Å². The van der Waals surface area contributed by atoms with E-state index in [-0.39, 0.29) is 49.4 Å². The van der Waals surface area contributed by atoms with Gasteiger partial charge >= 0.3 is 18.1 Å². The molecule has 1 aromatic rings. The number of cyclic esters (lactones) is 1. The summed E-state index contributed by atoms with van der Waals surface area (Å²) in [5.74, 6) is -2.11. The van der Waals surface area contributed by atoms with E-state index in [1.54, 1.807) is 6.92 Å². The molecule has 0 spiro atoms. The monoisotopic (exact) mass is 592 g/mol. The van der Waals surface area contributed by atoms with Crippen LogP contribution < -0.4 is 14.8 Å². The normalized spacial score (nSPS) is 21.7. The first-order chi connectivity index (χ1) is 19.3. The molecule has 1 fully saturated rings. The predicted octanol–water partition coefficient (Wildman–Crippen LogP) is 3.83. The van der Waals surface area contributed by atoms with Crippen LogP contribution in [0.2, 0.25) is 0 Å². The van der Waals surface area contributed by atoms with Gasteiger partial charge in [0.05, 0.1) is 26.4 Å². The molecule has 2 heterocycles. The zero-order chi connectivity index (χ0) is 30.6. The lowest BCUT2D eigenvalue weighted by molar-refractivity contribution is -0.162. The van der Waals surface area contributed by atoms with Crippen LogP contribution >= 0.6 is 0 Å². The number of alkyl halides is 3. The number of esters is 2. The Morgan fingerprint density at radius 3 is 2.61 bits per heavy atom. The van der Waals surface area contributed by atoms with Gasteiger partial charge in [0.2, 0.25) is 6.79 Å². The highest BCUT2D eigenvalue weighted by atomic mass is 19.4. The predicted molar refractivity (Wildman–Crippen MR) is 138 cm³/mol. The van der Waals surface area contributed by atoms with Gasteiger partial charge < -0.3 is 33.7 Å². The molecule has 232 valence electrons. The fourth-order valence-corrected chi connectivity index (χ4v) is 4.17. The van der Waals surface area contributed by atoms with Gasteiger partial charge in [-0.3, -0.25) is 9.59 Å². The summed E-state index contributed by atoms with van der Waals surface area (Å²) in [7, 11) is 1.35. The lowest BCUT2D eigenvalue weighted by Gasteiger charge is -2.31. The van der Waals surface area contributed by atoms with Crippen molar-refractivity contribution in [3.8, 4) is 11.5 Å². The largest absolute Gasteiger partial charge is 0.493 e. The number of halogens is 3. The average Bonchev–Trinajstić information content (AvgIpc) is 2.93. The van der Waals surface area contributed by atoms with Crippen molar-refractivity contribution < 1.29 is 56.0 Å². The average molecular weight is 593 g/mol. The van der Waals surface area contributed by atoms with Crippen molar-refractivity contribution in [3.05, 3.63) is 18.0 Å². The van der Waals surface area contributed by atoms with E-state index in [0.717, 1.165) is 6.42 Å². The van der Waals surface area contributed by atoms with Gasteiger partial charge in [0, 0.05) is 38.1 Å². The Labute approximate surface area is 237 Å². The number of methoxy groups -OCH3 is 1. The van der Waals surface area contributed by atoms with Crippen LogP contribution in [0.15, 0.2) is 12.3 Å². The van der Waals surface area contributed by atoms with E-state index < -0.39 is 55.5 Å². The molecule has 0 saturated carbocycles. The molecule has 2 rings (SSSR count). The first kappa shape index (κ1) is 34.1. The van der Waals surface area contributed by atoms with Crippen molar-refractivity contribution in [2.75, 3.05) is 33.7 Å². The number of rotatable bonds is 13. The number of nitrogens with one attached hydrogen (secondary N) is 1. The van der Waals surface area contributed by atoms with Gasteiger partial charge in [-0.25, -0.2) is 9.78 Å². The molecule has 1 saturated heterocycles. The summed E-state index contributed by atoms with van der Waals surface area (Å²) >= 11 is 0. The molecule has 0 aromatic carbocycles. The van der Waals surface area contributed by atoms with Gasteiger partial charge in [-0.05, 0) is 25.7 Å². The lowest BCUT2D eigenvalue weighted by Crippen LogP contribution is -2.46. The Morgan fingerprint density at radius 1 is 1.24 bits per heavy atom. The summed E-state index contributed by atoms with van der Waals surface area (Å²) in [6.07, 6.45) is -4.31. The molecule has 1 amide bonds. The fraction of sp³-hybridized carbons (Fsp3) is 0.704. The van der Waals surface area contributed by atoms with Crippen LogP contribution in [-0.4, -0.2) is 81.0 Å². The molecule has 1 aromatic heterocycles. The second kappa shape index (κ2) is 16.3. The van der Waals surface area contributed by atoms with Crippen LogP contribution in [0.3, 0.4) is 0 Å². The topological polar surface area (TPSA) is 132 Å². The smallest absolute Gasteiger partial charge is 0.389 e. The molecule has 1 aliphatic rings. The molecule has 0 radical (unpaired) electrons. The summed E-state index contributed by atoms with van der Waals surface area (Å²) in [5, 5.41) is 2.53. The number of amides is 1. The SMILES string of the molecule is COc1ccnc(C(=O)N[C@H]2COC[C@H](CCC(C)C)[C@@H](OCCCC(F)(F)F)[C@H](C)OC2=O)c1OCOC(C)=O. The molecule has 1 aliphatic heterocycles. The quantitative estimate of drug-likeness (QED) is 0.205. The second-order valence-corrected chi connectivity index (χ2v) is 10.1. The third kappa shape index (κ3) is 11.7. The Kier molecular flexibility index (Phi) is 13.6. The standard InChI is InChI=1S/C27H39F3N2O9/c1-16(2)7-8-19-13-37-14-20(26(35)41-17(3)23(19)38-12-6-10-27(28,29)30)32-25(34)22-24(40-15-39-18(4)33)21(36-5)9-11-31-22/h9,11,16-17,19-20,23H,6-8,10,12-15H2,1-5H3,(H,32,34)/t17-,19-,20-,23-/m0/s1. The van der Waals surface area contributed by atoms with Crippen molar-refractivity contribution in [2.24, 2.45) is 11.8 Å². The van der Waals surface area contributed by atoms with Crippen LogP contribution in [0, 0.1) is 11.8 Å². The Balaban J connectivity index is 2.18. The number of carbonyl (C=O) groups excluding carboxylic acids is 3. The van der Waals surface area contributed by atoms with E-state index in [9.17, 15) is 27.6 Å². The summed E-state index contributed by atoms with van der Waals surface area (Å²) in [6, 6.07) is 0.194. The maximum atomic E-state index is 13.2.